The highest BCUT2D eigenvalue weighted by atomic mass is 19.1. The van der Waals surface area contributed by atoms with Crippen LogP contribution in [0.3, 0.4) is 0 Å². The third-order valence-corrected chi connectivity index (χ3v) is 2.62. The molecule has 0 unspecified atom stereocenters. The monoisotopic (exact) mass is 246 g/mol. The van der Waals surface area contributed by atoms with Gasteiger partial charge in [0.15, 0.2) is 11.2 Å². The lowest BCUT2D eigenvalue weighted by Gasteiger charge is -2.06. The topological polar surface area (TPSA) is 47.3 Å². The SMILES string of the molecule is CC(=O)c1c(-c2ccc(F)cc2)occ(C)c1=O. The van der Waals surface area contributed by atoms with E-state index in [-0.39, 0.29) is 22.5 Å². The standard InChI is InChI=1S/C14H11FO3/c1-8-7-18-14(12(9(2)16)13(8)17)10-3-5-11(15)6-4-10/h3-7H,1-2H3. The predicted molar refractivity (Wildman–Crippen MR) is 65.1 cm³/mol. The molecule has 0 aliphatic carbocycles. The van der Waals surface area contributed by atoms with E-state index < -0.39 is 5.82 Å². The third-order valence-electron chi connectivity index (χ3n) is 2.62. The normalized spacial score (nSPS) is 10.4. The number of benzene rings is 1. The molecule has 18 heavy (non-hydrogen) atoms. The first kappa shape index (κ1) is 12.2. The van der Waals surface area contributed by atoms with Gasteiger partial charge >= 0.3 is 0 Å². The van der Waals surface area contributed by atoms with Gasteiger partial charge in [0.1, 0.15) is 17.1 Å². The zero-order chi connectivity index (χ0) is 13.3. The van der Waals surface area contributed by atoms with E-state index >= 15 is 0 Å². The largest absolute Gasteiger partial charge is 0.463 e. The van der Waals surface area contributed by atoms with Crippen molar-refractivity contribution in [2.75, 3.05) is 0 Å². The number of hydrogen-bond acceptors (Lipinski definition) is 3. The molecular formula is C14H11FO3. The van der Waals surface area contributed by atoms with E-state index in [0.29, 0.717) is 11.1 Å². The van der Waals surface area contributed by atoms with Crippen molar-refractivity contribution in [1.29, 1.82) is 0 Å². The van der Waals surface area contributed by atoms with Crippen molar-refractivity contribution < 1.29 is 13.6 Å². The van der Waals surface area contributed by atoms with Gasteiger partial charge in [-0.2, -0.15) is 0 Å². The van der Waals surface area contributed by atoms with Crippen molar-refractivity contribution in [3.05, 3.63) is 57.7 Å². The van der Waals surface area contributed by atoms with Gasteiger partial charge in [0.25, 0.3) is 0 Å². The van der Waals surface area contributed by atoms with Crippen LogP contribution in [0.5, 0.6) is 0 Å². The molecule has 1 aromatic carbocycles. The second kappa shape index (κ2) is 4.56. The minimum absolute atomic E-state index is 0.00149. The van der Waals surface area contributed by atoms with Gasteiger partial charge < -0.3 is 4.42 Å². The van der Waals surface area contributed by atoms with Crippen molar-refractivity contribution in [2.24, 2.45) is 0 Å². The molecular weight excluding hydrogens is 235 g/mol. The van der Waals surface area contributed by atoms with E-state index in [1.54, 1.807) is 6.92 Å². The van der Waals surface area contributed by atoms with Gasteiger partial charge in [-0.15, -0.1) is 0 Å². The highest BCUT2D eigenvalue weighted by Crippen LogP contribution is 2.22. The Morgan fingerprint density at radius 2 is 1.83 bits per heavy atom. The number of rotatable bonds is 2. The van der Waals surface area contributed by atoms with Crippen LogP contribution in [-0.4, -0.2) is 5.78 Å². The number of aryl methyl sites for hydroxylation is 1. The quantitative estimate of drug-likeness (QED) is 0.765. The molecule has 0 bridgehead atoms. The summed E-state index contributed by atoms with van der Waals surface area (Å²) in [7, 11) is 0. The summed E-state index contributed by atoms with van der Waals surface area (Å²) in [5.74, 6) is -0.581. The maximum Gasteiger partial charge on any atom is 0.199 e. The average Bonchev–Trinajstić information content (AvgIpc) is 2.33. The van der Waals surface area contributed by atoms with Crippen LogP contribution in [0.15, 0.2) is 39.7 Å². The number of hydrogen-bond donors (Lipinski definition) is 0. The lowest BCUT2D eigenvalue weighted by atomic mass is 10.0. The van der Waals surface area contributed by atoms with E-state index in [0.717, 1.165) is 0 Å². The molecule has 0 saturated heterocycles. The van der Waals surface area contributed by atoms with Gasteiger partial charge in [0.05, 0.1) is 6.26 Å². The Morgan fingerprint density at radius 3 is 2.39 bits per heavy atom. The first-order valence-corrected chi connectivity index (χ1v) is 5.40. The fraction of sp³-hybridized carbons (Fsp3) is 0.143. The van der Waals surface area contributed by atoms with Gasteiger partial charge in [0.2, 0.25) is 0 Å². The van der Waals surface area contributed by atoms with E-state index in [9.17, 15) is 14.0 Å². The Kier molecular flexibility index (Phi) is 3.10. The second-order valence-corrected chi connectivity index (χ2v) is 4.02. The highest BCUT2D eigenvalue weighted by Gasteiger charge is 2.17. The van der Waals surface area contributed by atoms with E-state index in [4.69, 9.17) is 4.42 Å². The molecule has 0 aliphatic rings. The first-order chi connectivity index (χ1) is 8.50. The molecule has 0 fully saturated rings. The number of carbonyl (C=O) groups excluding carboxylic acids is 1. The smallest absolute Gasteiger partial charge is 0.199 e. The molecule has 3 nitrogen and oxygen atoms in total. The molecule has 0 N–H and O–H groups in total. The molecule has 0 amide bonds. The molecule has 0 saturated carbocycles. The molecule has 0 atom stereocenters. The summed E-state index contributed by atoms with van der Waals surface area (Å²) in [5.41, 5.74) is 0.513. The maximum atomic E-state index is 12.8. The summed E-state index contributed by atoms with van der Waals surface area (Å²) < 4.78 is 18.2. The van der Waals surface area contributed by atoms with Crippen molar-refractivity contribution in [1.82, 2.24) is 0 Å². The van der Waals surface area contributed by atoms with Crippen molar-refractivity contribution in [2.45, 2.75) is 13.8 Å². The molecule has 1 aromatic heterocycles. The molecule has 0 radical (unpaired) electrons. The first-order valence-electron chi connectivity index (χ1n) is 5.40. The number of ketones is 1. The molecule has 4 heteroatoms. The summed E-state index contributed by atoms with van der Waals surface area (Å²) >= 11 is 0. The zero-order valence-electron chi connectivity index (χ0n) is 9.99. The van der Waals surface area contributed by atoms with Crippen LogP contribution in [0.1, 0.15) is 22.8 Å². The van der Waals surface area contributed by atoms with Crippen LogP contribution in [0.4, 0.5) is 4.39 Å². The number of Topliss-reactive ketones (excluding diaryl/α,β-unsaturated/α-hetero) is 1. The Labute approximate surface area is 103 Å². The van der Waals surface area contributed by atoms with Crippen LogP contribution in [0.2, 0.25) is 0 Å². The van der Waals surface area contributed by atoms with Crippen molar-refractivity contribution >= 4 is 5.78 Å². The van der Waals surface area contributed by atoms with Crippen molar-refractivity contribution in [3.8, 4) is 11.3 Å². The highest BCUT2D eigenvalue weighted by molar-refractivity contribution is 5.99. The van der Waals surface area contributed by atoms with Gasteiger partial charge in [-0.1, -0.05) is 0 Å². The number of carbonyl (C=O) groups is 1. The van der Waals surface area contributed by atoms with E-state index in [2.05, 4.69) is 0 Å². The van der Waals surface area contributed by atoms with Crippen LogP contribution < -0.4 is 5.43 Å². The maximum absolute atomic E-state index is 12.8. The summed E-state index contributed by atoms with van der Waals surface area (Å²) in [4.78, 5) is 23.5. The second-order valence-electron chi connectivity index (χ2n) is 4.02. The molecule has 0 spiro atoms. The summed E-state index contributed by atoms with van der Waals surface area (Å²) in [5, 5.41) is 0. The fourth-order valence-electron chi connectivity index (χ4n) is 1.69. The Bertz CT molecular complexity index is 654. The van der Waals surface area contributed by atoms with Gasteiger partial charge in [0, 0.05) is 11.1 Å². The lowest BCUT2D eigenvalue weighted by molar-refractivity contribution is 0.101. The minimum Gasteiger partial charge on any atom is -0.463 e. The van der Waals surface area contributed by atoms with Crippen LogP contribution in [0.25, 0.3) is 11.3 Å². The van der Waals surface area contributed by atoms with Crippen LogP contribution >= 0.6 is 0 Å². The molecule has 2 aromatic rings. The molecule has 1 heterocycles. The molecule has 0 aliphatic heterocycles. The van der Waals surface area contributed by atoms with E-state index in [1.807, 2.05) is 0 Å². The fourth-order valence-corrected chi connectivity index (χ4v) is 1.69. The van der Waals surface area contributed by atoms with Crippen molar-refractivity contribution in [3.63, 3.8) is 0 Å². The molecule has 92 valence electrons. The number of halogens is 1. The minimum atomic E-state index is -0.391. The zero-order valence-corrected chi connectivity index (χ0v) is 9.99. The third kappa shape index (κ3) is 2.09. The van der Waals surface area contributed by atoms with Gasteiger partial charge in [-0.3, -0.25) is 9.59 Å². The van der Waals surface area contributed by atoms with Crippen LogP contribution in [-0.2, 0) is 0 Å². The Balaban J connectivity index is 2.72. The summed E-state index contributed by atoms with van der Waals surface area (Å²) in [6.45, 7) is 2.88. The van der Waals surface area contributed by atoms with Gasteiger partial charge in [-0.05, 0) is 38.1 Å². The predicted octanol–water partition coefficient (Wildman–Crippen LogP) is 2.96. The lowest BCUT2D eigenvalue weighted by Crippen LogP contribution is -2.16. The molecule has 2 rings (SSSR count). The van der Waals surface area contributed by atoms with Gasteiger partial charge in [-0.25, -0.2) is 4.39 Å². The average molecular weight is 246 g/mol. The Hall–Kier alpha value is -2.23. The summed E-state index contributed by atoms with van der Waals surface area (Å²) in [6, 6.07) is 5.43. The Morgan fingerprint density at radius 1 is 1.22 bits per heavy atom. The summed E-state index contributed by atoms with van der Waals surface area (Å²) in [6.07, 6.45) is 1.30. The van der Waals surface area contributed by atoms with E-state index in [1.165, 1.54) is 37.5 Å². The van der Waals surface area contributed by atoms with Crippen LogP contribution in [0, 0.1) is 12.7 Å².